The number of hydrogen-bond acceptors (Lipinski definition) is 0. The molecule has 1 aliphatic carbocycles. The molecule has 0 fully saturated rings. The van der Waals surface area contributed by atoms with E-state index in [0.29, 0.717) is 5.92 Å². The van der Waals surface area contributed by atoms with Gasteiger partial charge in [0.1, 0.15) is 0 Å². The monoisotopic (exact) mass is 344 g/mol. The lowest BCUT2D eigenvalue weighted by molar-refractivity contribution is 0.178. The van der Waals surface area contributed by atoms with E-state index in [1.807, 2.05) is 0 Å². The maximum Gasteiger partial charge on any atom is 0.0351 e. The lowest BCUT2D eigenvalue weighted by atomic mass is 9.51. The third kappa shape index (κ3) is 2.96. The molecule has 0 aromatic heterocycles. The molecule has 26 heavy (non-hydrogen) atoms. The van der Waals surface area contributed by atoms with Crippen molar-refractivity contribution < 1.29 is 0 Å². The number of allylic oxidation sites excluding steroid dienone is 4. The maximum atomic E-state index is 2.42. The summed E-state index contributed by atoms with van der Waals surface area (Å²) in [6.45, 7) is 14.2. The summed E-state index contributed by atoms with van der Waals surface area (Å²) in [4.78, 5) is 0. The Morgan fingerprint density at radius 3 is 1.50 bits per heavy atom. The normalized spacial score (nSPS) is 18.1. The fourth-order valence-corrected chi connectivity index (χ4v) is 4.83. The molecular formula is C26H32. The number of rotatable bonds is 3. The predicted molar refractivity (Wildman–Crippen MR) is 113 cm³/mol. The minimum atomic E-state index is -0.123. The average molecular weight is 345 g/mol. The third-order valence-corrected chi connectivity index (χ3v) is 5.89. The molecule has 0 aliphatic heterocycles. The average Bonchev–Trinajstić information content (AvgIpc) is 3.06. The highest BCUT2D eigenvalue weighted by molar-refractivity contribution is 5.50. The first-order valence-corrected chi connectivity index (χ1v) is 9.69. The highest BCUT2D eigenvalue weighted by Crippen LogP contribution is 2.57. The van der Waals surface area contributed by atoms with Gasteiger partial charge in [-0.3, -0.25) is 0 Å². The van der Waals surface area contributed by atoms with Gasteiger partial charge in [0.2, 0.25) is 0 Å². The lowest BCUT2D eigenvalue weighted by Gasteiger charge is -2.52. The van der Waals surface area contributed by atoms with E-state index >= 15 is 0 Å². The van der Waals surface area contributed by atoms with Crippen LogP contribution in [0, 0.1) is 16.7 Å². The zero-order valence-electron chi connectivity index (χ0n) is 17.1. The molecule has 136 valence electrons. The molecule has 0 spiro atoms. The van der Waals surface area contributed by atoms with Crippen molar-refractivity contribution in [3.63, 3.8) is 0 Å². The van der Waals surface area contributed by atoms with Crippen LogP contribution in [-0.4, -0.2) is 0 Å². The summed E-state index contributed by atoms with van der Waals surface area (Å²) in [5, 5.41) is 0. The number of hydrogen-bond donors (Lipinski definition) is 0. The van der Waals surface area contributed by atoms with Gasteiger partial charge in [0.15, 0.2) is 0 Å². The van der Waals surface area contributed by atoms with Gasteiger partial charge in [-0.05, 0) is 22.0 Å². The second kappa shape index (κ2) is 6.58. The first kappa shape index (κ1) is 18.7. The van der Waals surface area contributed by atoms with E-state index in [1.165, 1.54) is 16.7 Å². The molecule has 0 saturated carbocycles. The highest BCUT2D eigenvalue weighted by atomic mass is 14.5. The zero-order valence-corrected chi connectivity index (χ0v) is 17.1. The van der Waals surface area contributed by atoms with Crippen molar-refractivity contribution in [1.29, 1.82) is 0 Å². The van der Waals surface area contributed by atoms with Gasteiger partial charge in [0.05, 0.1) is 0 Å². The molecule has 3 rings (SSSR count). The second-order valence-electron chi connectivity index (χ2n) is 9.52. The van der Waals surface area contributed by atoms with E-state index in [-0.39, 0.29) is 16.2 Å². The van der Waals surface area contributed by atoms with Gasteiger partial charge in [0, 0.05) is 11.3 Å². The van der Waals surface area contributed by atoms with Crippen LogP contribution in [0.2, 0.25) is 0 Å². The lowest BCUT2D eigenvalue weighted by Crippen LogP contribution is -2.48. The minimum absolute atomic E-state index is 0.0411. The molecule has 1 aliphatic rings. The van der Waals surface area contributed by atoms with Gasteiger partial charge in [-0.1, -0.05) is 126 Å². The standard InChI is InChI=1S/C26H32/c1-24(2,3)22-18-13-19-23(22)26(25(4,5)6,20-14-9-7-10-15-20)21-16-11-8-12-17-21/h7-19,23H,1-6H3. The van der Waals surface area contributed by atoms with Gasteiger partial charge < -0.3 is 0 Å². The van der Waals surface area contributed by atoms with Crippen LogP contribution in [0.25, 0.3) is 0 Å². The Morgan fingerprint density at radius 2 is 1.12 bits per heavy atom. The fourth-order valence-electron chi connectivity index (χ4n) is 4.83. The van der Waals surface area contributed by atoms with Gasteiger partial charge in [0.25, 0.3) is 0 Å². The van der Waals surface area contributed by atoms with Crippen molar-refractivity contribution in [2.75, 3.05) is 0 Å². The van der Waals surface area contributed by atoms with Crippen molar-refractivity contribution in [2.24, 2.45) is 16.7 Å². The van der Waals surface area contributed by atoms with E-state index in [0.717, 1.165) is 0 Å². The SMILES string of the molecule is CC(C)(C)C1=CC=CC1C(c1ccccc1)(c1ccccc1)C(C)(C)C. The summed E-state index contributed by atoms with van der Waals surface area (Å²) in [6, 6.07) is 22.2. The summed E-state index contributed by atoms with van der Waals surface area (Å²) in [7, 11) is 0. The summed E-state index contributed by atoms with van der Waals surface area (Å²) >= 11 is 0. The Kier molecular flexibility index (Phi) is 4.73. The molecule has 1 atom stereocenters. The van der Waals surface area contributed by atoms with Gasteiger partial charge >= 0.3 is 0 Å². The molecular weight excluding hydrogens is 312 g/mol. The van der Waals surface area contributed by atoms with Gasteiger partial charge in [-0.25, -0.2) is 0 Å². The minimum Gasteiger partial charge on any atom is -0.0761 e. The van der Waals surface area contributed by atoms with Crippen LogP contribution in [0.15, 0.2) is 84.5 Å². The predicted octanol–water partition coefficient (Wildman–Crippen LogP) is 7.18. The van der Waals surface area contributed by atoms with Crippen molar-refractivity contribution in [3.05, 3.63) is 95.6 Å². The zero-order chi connectivity index (χ0) is 19.0. The summed E-state index contributed by atoms with van der Waals surface area (Å²) in [5.74, 6) is 0.340. The van der Waals surface area contributed by atoms with E-state index in [2.05, 4.69) is 120 Å². The summed E-state index contributed by atoms with van der Waals surface area (Å²) < 4.78 is 0. The van der Waals surface area contributed by atoms with Crippen LogP contribution in [-0.2, 0) is 5.41 Å². The molecule has 0 bridgehead atoms. The molecule has 0 radical (unpaired) electrons. The van der Waals surface area contributed by atoms with Crippen LogP contribution in [0.4, 0.5) is 0 Å². The summed E-state index contributed by atoms with van der Waals surface area (Å²) in [6.07, 6.45) is 7.03. The van der Waals surface area contributed by atoms with Crippen molar-refractivity contribution in [2.45, 2.75) is 47.0 Å². The molecule has 0 heteroatoms. The molecule has 0 heterocycles. The van der Waals surface area contributed by atoms with Crippen LogP contribution < -0.4 is 0 Å². The van der Waals surface area contributed by atoms with Crippen LogP contribution >= 0.6 is 0 Å². The van der Waals surface area contributed by atoms with E-state index in [1.54, 1.807) is 0 Å². The molecule has 1 unspecified atom stereocenters. The van der Waals surface area contributed by atoms with Crippen LogP contribution in [0.5, 0.6) is 0 Å². The molecule has 0 saturated heterocycles. The van der Waals surface area contributed by atoms with E-state index in [9.17, 15) is 0 Å². The molecule has 0 N–H and O–H groups in total. The Hall–Kier alpha value is -2.08. The fraction of sp³-hybridized carbons (Fsp3) is 0.385. The van der Waals surface area contributed by atoms with Gasteiger partial charge in [-0.2, -0.15) is 0 Å². The van der Waals surface area contributed by atoms with Crippen molar-refractivity contribution in [1.82, 2.24) is 0 Å². The molecule has 0 nitrogen and oxygen atoms in total. The molecule has 2 aromatic carbocycles. The largest absolute Gasteiger partial charge is 0.0761 e. The second-order valence-corrected chi connectivity index (χ2v) is 9.52. The number of benzene rings is 2. The van der Waals surface area contributed by atoms with Crippen molar-refractivity contribution in [3.8, 4) is 0 Å². The Labute approximate surface area is 159 Å². The van der Waals surface area contributed by atoms with E-state index < -0.39 is 0 Å². The quantitative estimate of drug-likeness (QED) is 0.553. The molecule has 0 amide bonds. The Morgan fingerprint density at radius 1 is 0.654 bits per heavy atom. The third-order valence-electron chi connectivity index (χ3n) is 5.89. The van der Waals surface area contributed by atoms with Crippen LogP contribution in [0.3, 0.4) is 0 Å². The maximum absolute atomic E-state index is 2.42. The Balaban J connectivity index is 2.36. The smallest absolute Gasteiger partial charge is 0.0351 e. The van der Waals surface area contributed by atoms with Crippen LogP contribution in [0.1, 0.15) is 52.7 Å². The first-order valence-electron chi connectivity index (χ1n) is 9.69. The summed E-state index contributed by atoms with van der Waals surface area (Å²) in [5.41, 5.74) is 4.35. The van der Waals surface area contributed by atoms with Crippen molar-refractivity contribution >= 4 is 0 Å². The Bertz CT molecular complexity index is 753. The molecule has 2 aromatic rings. The van der Waals surface area contributed by atoms with Gasteiger partial charge in [-0.15, -0.1) is 0 Å². The van der Waals surface area contributed by atoms with E-state index in [4.69, 9.17) is 0 Å². The first-order chi connectivity index (χ1) is 12.2. The highest BCUT2D eigenvalue weighted by Gasteiger charge is 2.52. The topological polar surface area (TPSA) is 0 Å².